The Kier molecular flexibility index (Phi) is 5.00. The normalized spacial score (nSPS) is 17.6. The molecule has 0 spiro atoms. The summed E-state index contributed by atoms with van der Waals surface area (Å²) in [5.41, 5.74) is 3.01. The number of aryl methyl sites for hydroxylation is 2. The van der Waals surface area contributed by atoms with Gasteiger partial charge in [-0.2, -0.15) is 0 Å². The average molecular weight is 342 g/mol. The molecule has 1 aliphatic heterocycles. The SMILES string of the molecule is Cc1cccc(C)c1NC(=O)C1CCCN(C(=O)c2cccs2)C1. The zero-order valence-corrected chi connectivity index (χ0v) is 14.9. The number of para-hydroxylation sites is 1. The monoisotopic (exact) mass is 342 g/mol. The molecule has 2 amide bonds. The summed E-state index contributed by atoms with van der Waals surface area (Å²) in [6, 6.07) is 9.70. The lowest BCUT2D eigenvalue weighted by molar-refractivity contribution is -0.121. The van der Waals surface area contributed by atoms with E-state index in [4.69, 9.17) is 0 Å². The van der Waals surface area contributed by atoms with Gasteiger partial charge in [0.05, 0.1) is 10.8 Å². The number of carbonyl (C=O) groups excluding carboxylic acids is 2. The van der Waals surface area contributed by atoms with Gasteiger partial charge < -0.3 is 10.2 Å². The van der Waals surface area contributed by atoms with E-state index in [1.165, 1.54) is 11.3 Å². The molecule has 1 saturated heterocycles. The molecule has 126 valence electrons. The average Bonchev–Trinajstić information content (AvgIpc) is 3.12. The number of anilines is 1. The molecule has 0 aliphatic carbocycles. The van der Waals surface area contributed by atoms with E-state index in [9.17, 15) is 9.59 Å². The minimum atomic E-state index is -0.151. The van der Waals surface area contributed by atoms with Crippen LogP contribution in [-0.2, 0) is 4.79 Å². The predicted octanol–water partition coefficient (Wildman–Crippen LogP) is 3.86. The number of thiophene rings is 1. The maximum atomic E-state index is 12.7. The number of amides is 2. The number of likely N-dealkylation sites (tertiary alicyclic amines) is 1. The van der Waals surface area contributed by atoms with Crippen molar-refractivity contribution in [3.8, 4) is 0 Å². The summed E-state index contributed by atoms with van der Waals surface area (Å²) in [6.07, 6.45) is 1.69. The molecule has 24 heavy (non-hydrogen) atoms. The van der Waals surface area contributed by atoms with E-state index >= 15 is 0 Å². The largest absolute Gasteiger partial charge is 0.337 e. The van der Waals surface area contributed by atoms with Crippen LogP contribution in [0.5, 0.6) is 0 Å². The Balaban J connectivity index is 1.68. The highest BCUT2D eigenvalue weighted by atomic mass is 32.1. The van der Waals surface area contributed by atoms with Crippen LogP contribution in [0, 0.1) is 19.8 Å². The van der Waals surface area contributed by atoms with E-state index in [0.29, 0.717) is 6.54 Å². The smallest absolute Gasteiger partial charge is 0.263 e. The highest BCUT2D eigenvalue weighted by Crippen LogP contribution is 2.24. The van der Waals surface area contributed by atoms with Gasteiger partial charge in [-0.1, -0.05) is 24.3 Å². The molecule has 2 heterocycles. The Bertz CT molecular complexity index is 720. The molecule has 3 rings (SSSR count). The number of hydrogen-bond acceptors (Lipinski definition) is 3. The van der Waals surface area contributed by atoms with Gasteiger partial charge in [-0.3, -0.25) is 9.59 Å². The number of nitrogens with one attached hydrogen (secondary N) is 1. The first-order valence-corrected chi connectivity index (χ1v) is 9.14. The predicted molar refractivity (Wildman–Crippen MR) is 97.5 cm³/mol. The van der Waals surface area contributed by atoms with Gasteiger partial charge in [0, 0.05) is 18.8 Å². The van der Waals surface area contributed by atoms with Gasteiger partial charge in [0.15, 0.2) is 0 Å². The van der Waals surface area contributed by atoms with Crippen molar-refractivity contribution >= 4 is 28.8 Å². The minimum absolute atomic E-state index is 0.0103. The lowest BCUT2D eigenvalue weighted by Crippen LogP contribution is -2.43. The molecular formula is C19H22N2O2S. The fourth-order valence-corrected chi connectivity index (χ4v) is 3.86. The molecule has 4 nitrogen and oxygen atoms in total. The van der Waals surface area contributed by atoms with Crippen LogP contribution in [0.15, 0.2) is 35.7 Å². The van der Waals surface area contributed by atoms with Crippen molar-refractivity contribution in [2.75, 3.05) is 18.4 Å². The molecule has 1 unspecified atom stereocenters. The fourth-order valence-electron chi connectivity index (χ4n) is 3.17. The van der Waals surface area contributed by atoms with Crippen molar-refractivity contribution in [3.63, 3.8) is 0 Å². The van der Waals surface area contributed by atoms with E-state index in [0.717, 1.165) is 41.1 Å². The van der Waals surface area contributed by atoms with Crippen LogP contribution in [0.4, 0.5) is 5.69 Å². The number of carbonyl (C=O) groups is 2. The van der Waals surface area contributed by atoms with Crippen molar-refractivity contribution in [2.24, 2.45) is 5.92 Å². The van der Waals surface area contributed by atoms with Crippen LogP contribution >= 0.6 is 11.3 Å². The number of hydrogen-bond donors (Lipinski definition) is 1. The quantitative estimate of drug-likeness (QED) is 0.921. The zero-order chi connectivity index (χ0) is 17.1. The van der Waals surface area contributed by atoms with E-state index in [1.54, 1.807) is 0 Å². The second kappa shape index (κ2) is 7.18. The van der Waals surface area contributed by atoms with Crippen LogP contribution in [-0.4, -0.2) is 29.8 Å². The first-order chi connectivity index (χ1) is 11.6. The lowest BCUT2D eigenvalue weighted by atomic mass is 9.96. The summed E-state index contributed by atoms with van der Waals surface area (Å²) in [6.45, 7) is 5.21. The van der Waals surface area contributed by atoms with Gasteiger partial charge in [-0.25, -0.2) is 0 Å². The Labute approximate surface area is 146 Å². The van der Waals surface area contributed by atoms with Crippen LogP contribution in [0.25, 0.3) is 0 Å². The first-order valence-electron chi connectivity index (χ1n) is 8.26. The summed E-state index contributed by atoms with van der Waals surface area (Å²) in [5, 5.41) is 4.97. The third-order valence-corrected chi connectivity index (χ3v) is 5.40. The molecular weight excluding hydrogens is 320 g/mol. The van der Waals surface area contributed by atoms with E-state index in [2.05, 4.69) is 5.32 Å². The fraction of sp³-hybridized carbons (Fsp3) is 0.368. The summed E-state index contributed by atoms with van der Waals surface area (Å²) >= 11 is 1.45. The van der Waals surface area contributed by atoms with E-state index in [-0.39, 0.29) is 17.7 Å². The van der Waals surface area contributed by atoms with Crippen LogP contribution in [0.3, 0.4) is 0 Å². The molecule has 0 bridgehead atoms. The first kappa shape index (κ1) is 16.7. The van der Waals surface area contributed by atoms with Gasteiger partial charge in [-0.05, 0) is 49.3 Å². The minimum Gasteiger partial charge on any atom is -0.337 e. The number of rotatable bonds is 3. The zero-order valence-electron chi connectivity index (χ0n) is 14.0. The topological polar surface area (TPSA) is 49.4 Å². The van der Waals surface area contributed by atoms with Gasteiger partial charge in [0.25, 0.3) is 5.91 Å². The number of piperidine rings is 1. The maximum absolute atomic E-state index is 12.7. The van der Waals surface area contributed by atoms with E-state index in [1.807, 2.05) is 54.5 Å². The van der Waals surface area contributed by atoms with E-state index < -0.39 is 0 Å². The third kappa shape index (κ3) is 3.51. The third-order valence-electron chi connectivity index (χ3n) is 4.54. The molecule has 1 aromatic carbocycles. The molecule has 1 atom stereocenters. The maximum Gasteiger partial charge on any atom is 0.263 e. The summed E-state index contributed by atoms with van der Waals surface area (Å²) in [5.74, 6) is -0.104. The van der Waals surface area contributed by atoms with Crippen molar-refractivity contribution in [2.45, 2.75) is 26.7 Å². The molecule has 1 N–H and O–H groups in total. The highest BCUT2D eigenvalue weighted by molar-refractivity contribution is 7.12. The Morgan fingerprint density at radius 3 is 2.58 bits per heavy atom. The van der Waals surface area contributed by atoms with Gasteiger partial charge in [0.2, 0.25) is 5.91 Å². The Morgan fingerprint density at radius 1 is 1.17 bits per heavy atom. The molecule has 1 aromatic heterocycles. The van der Waals surface area contributed by atoms with Gasteiger partial charge in [-0.15, -0.1) is 11.3 Å². The molecule has 1 fully saturated rings. The molecule has 1 aliphatic rings. The van der Waals surface area contributed by atoms with Crippen molar-refractivity contribution in [1.29, 1.82) is 0 Å². The van der Waals surface area contributed by atoms with Crippen LogP contribution in [0.2, 0.25) is 0 Å². The van der Waals surface area contributed by atoms with Crippen molar-refractivity contribution < 1.29 is 9.59 Å². The Morgan fingerprint density at radius 2 is 1.92 bits per heavy atom. The number of benzene rings is 1. The summed E-state index contributed by atoms with van der Waals surface area (Å²) in [4.78, 5) is 27.7. The molecule has 2 aromatic rings. The van der Waals surface area contributed by atoms with Gasteiger partial charge >= 0.3 is 0 Å². The summed E-state index contributed by atoms with van der Waals surface area (Å²) in [7, 11) is 0. The van der Waals surface area contributed by atoms with Crippen molar-refractivity contribution in [3.05, 3.63) is 51.7 Å². The highest BCUT2D eigenvalue weighted by Gasteiger charge is 2.29. The second-order valence-corrected chi connectivity index (χ2v) is 7.27. The van der Waals surface area contributed by atoms with Crippen LogP contribution in [0.1, 0.15) is 33.6 Å². The second-order valence-electron chi connectivity index (χ2n) is 6.32. The Hall–Kier alpha value is -2.14. The summed E-state index contributed by atoms with van der Waals surface area (Å²) < 4.78 is 0. The standard InChI is InChI=1S/C19H22N2O2S/c1-13-6-3-7-14(2)17(13)20-18(22)15-8-4-10-21(12-15)19(23)16-9-5-11-24-16/h3,5-7,9,11,15H,4,8,10,12H2,1-2H3,(H,20,22). The number of nitrogens with zero attached hydrogens (tertiary/aromatic N) is 1. The van der Waals surface area contributed by atoms with Crippen LogP contribution < -0.4 is 5.32 Å². The molecule has 0 saturated carbocycles. The molecule has 0 radical (unpaired) electrons. The molecule has 5 heteroatoms. The van der Waals surface area contributed by atoms with Crippen molar-refractivity contribution in [1.82, 2.24) is 4.90 Å². The van der Waals surface area contributed by atoms with Gasteiger partial charge in [0.1, 0.15) is 0 Å². The lowest BCUT2D eigenvalue weighted by Gasteiger charge is -2.32.